The Labute approximate surface area is 389 Å². The molecule has 3 aromatic carbocycles. The second-order valence-electron chi connectivity index (χ2n) is 10.0. The van der Waals surface area contributed by atoms with Gasteiger partial charge in [-0.1, -0.05) is 36.4 Å². The Morgan fingerprint density at radius 2 is 0.618 bits per heavy atom. The summed E-state index contributed by atoms with van der Waals surface area (Å²) in [4.78, 5) is 32.6. The number of allylic oxidation sites excluding steroid dienone is 3. The van der Waals surface area contributed by atoms with E-state index in [0.29, 0.717) is 16.7 Å². The third kappa shape index (κ3) is 12.8. The van der Waals surface area contributed by atoms with Crippen LogP contribution in [0.1, 0.15) is 33.4 Å². The van der Waals surface area contributed by atoms with E-state index in [0.717, 1.165) is 54.6 Å². The van der Waals surface area contributed by atoms with E-state index in [1.54, 1.807) is 0 Å². The fourth-order valence-corrected chi connectivity index (χ4v) is 6.08. The molecule has 0 unspecified atom stereocenters. The summed E-state index contributed by atoms with van der Waals surface area (Å²) in [7, 11) is -13.7. The standard InChI is InChI=1S/3C10H7NO5S.Fe.3Na/c3*12-9-4-1-6-5-7(17(14,15)16)2-3-8(6)10(9)11-13;;;;/h3*1-5,13H,(H,14,15,16);;;;/q;;;+3;3*+1/p-6/b3*11-10+;;;;. The van der Waals surface area contributed by atoms with Crippen molar-refractivity contribution in [2.45, 2.75) is 14.7 Å². The van der Waals surface area contributed by atoms with Crippen LogP contribution in [0.25, 0.3) is 18.2 Å². The van der Waals surface area contributed by atoms with Crippen LogP contribution in [-0.2, 0) is 61.8 Å². The van der Waals surface area contributed by atoms with E-state index in [4.69, 9.17) is 0 Å². The van der Waals surface area contributed by atoms with Crippen molar-refractivity contribution < 1.29 is 159 Å². The fourth-order valence-electron chi connectivity index (χ4n) is 4.56. The van der Waals surface area contributed by atoms with Crippen LogP contribution in [0.15, 0.2) is 103 Å². The normalized spacial score (nSPS) is 16.0. The van der Waals surface area contributed by atoms with E-state index in [1.165, 1.54) is 36.4 Å². The van der Waals surface area contributed by atoms with E-state index in [2.05, 4.69) is 15.5 Å². The van der Waals surface area contributed by atoms with Crippen LogP contribution in [0.2, 0.25) is 0 Å². The number of ketones is 3. The van der Waals surface area contributed by atoms with Crippen LogP contribution >= 0.6 is 0 Å². The van der Waals surface area contributed by atoms with Crippen molar-refractivity contribution in [3.63, 3.8) is 0 Å². The number of hydrogen-bond acceptors (Lipinski definition) is 18. The number of carbonyl (C=O) groups excluding carboxylic acids is 3. The molecule has 18 nitrogen and oxygen atoms in total. The Morgan fingerprint density at radius 1 is 0.400 bits per heavy atom. The molecule has 25 heteroatoms. The fraction of sp³-hybridized carbons (Fsp3) is 0. The van der Waals surface area contributed by atoms with Gasteiger partial charge >= 0.3 is 106 Å². The van der Waals surface area contributed by atoms with E-state index >= 15 is 0 Å². The van der Waals surface area contributed by atoms with Gasteiger partial charge in [0.1, 0.15) is 47.5 Å². The maximum atomic E-state index is 11.3. The predicted octanol–water partition coefficient (Wildman–Crippen LogP) is -7.57. The average molecular weight is 878 g/mol. The van der Waals surface area contributed by atoms with Crippen molar-refractivity contribution >= 4 is 83.1 Å². The number of nitrogens with zero attached hydrogens (tertiary/aromatic N) is 3. The van der Waals surface area contributed by atoms with Crippen molar-refractivity contribution in [1.82, 2.24) is 0 Å². The third-order valence-corrected chi connectivity index (χ3v) is 9.41. The van der Waals surface area contributed by atoms with Gasteiger partial charge in [-0.05, 0) is 71.3 Å². The minimum Gasteiger partial charge on any atom is -0.791 e. The molecule has 0 bridgehead atoms. The first kappa shape index (κ1) is 52.5. The molecule has 1 radical (unpaired) electrons. The Balaban J connectivity index is 0.000000767. The summed E-state index contributed by atoms with van der Waals surface area (Å²) in [6.45, 7) is 0. The zero-order chi connectivity index (χ0) is 37.9. The summed E-state index contributed by atoms with van der Waals surface area (Å²) in [5, 5.41) is 39.3. The molecule has 3 aliphatic carbocycles. The zero-order valence-electron chi connectivity index (χ0n) is 28.2. The van der Waals surface area contributed by atoms with Crippen LogP contribution in [0.5, 0.6) is 0 Å². The van der Waals surface area contributed by atoms with E-state index in [9.17, 15) is 68.9 Å². The number of benzene rings is 3. The van der Waals surface area contributed by atoms with Crippen molar-refractivity contribution in [3.8, 4) is 0 Å². The van der Waals surface area contributed by atoms with Gasteiger partial charge in [-0.3, -0.25) is 14.4 Å². The first-order valence-corrected chi connectivity index (χ1v) is 17.6. The number of rotatable bonds is 3. The summed E-state index contributed by atoms with van der Waals surface area (Å²) >= 11 is 0. The molecular weight excluding hydrogens is 863 g/mol. The quantitative estimate of drug-likeness (QED) is 0.134. The Hall–Kier alpha value is -2.45. The van der Waals surface area contributed by atoms with Crippen molar-refractivity contribution in [2.24, 2.45) is 15.5 Å². The van der Waals surface area contributed by atoms with Gasteiger partial charge in [-0.15, -0.1) is 0 Å². The minimum absolute atomic E-state index is 0. The van der Waals surface area contributed by atoms with Crippen LogP contribution in [-0.4, -0.2) is 73.4 Å². The molecule has 0 saturated carbocycles. The van der Waals surface area contributed by atoms with Gasteiger partial charge in [0.05, 0.1) is 14.7 Å². The number of hydrogen-bond donors (Lipinski definition) is 0. The molecule has 3 aromatic rings. The number of fused-ring (bicyclic) bond motifs is 3. The molecule has 0 aliphatic heterocycles. The smallest absolute Gasteiger partial charge is 0.791 e. The molecule has 0 spiro atoms. The second-order valence-corrected chi connectivity index (χ2v) is 14.2. The van der Waals surface area contributed by atoms with Crippen LogP contribution < -0.4 is 88.7 Å². The zero-order valence-corrected chi connectivity index (χ0v) is 37.8. The Kier molecular flexibility index (Phi) is 20.4. The van der Waals surface area contributed by atoms with Crippen LogP contribution in [0, 0.1) is 15.6 Å². The molecule has 0 atom stereocenters. The molecule has 0 amide bonds. The Bertz CT molecular complexity index is 2280. The summed E-state index contributed by atoms with van der Waals surface area (Å²) < 4.78 is 97.2. The first-order chi connectivity index (χ1) is 23.8. The molecule has 6 rings (SSSR count). The molecule has 0 saturated heterocycles. The van der Waals surface area contributed by atoms with Crippen molar-refractivity contribution in [3.05, 3.63) is 122 Å². The molecule has 0 N–H and O–H groups in total. The molecule has 269 valence electrons. The van der Waals surface area contributed by atoms with Gasteiger partial charge in [0.2, 0.25) is 17.3 Å². The predicted molar refractivity (Wildman–Crippen MR) is 175 cm³/mol. The maximum Gasteiger partial charge on any atom is 3.00 e. The second kappa shape index (κ2) is 21.3. The van der Waals surface area contributed by atoms with E-state index in [-0.39, 0.29) is 140 Å². The largest absolute Gasteiger partial charge is 3.00 e. The Morgan fingerprint density at radius 3 is 0.800 bits per heavy atom. The topological polar surface area (TPSA) is 329 Å². The van der Waals surface area contributed by atoms with Crippen molar-refractivity contribution in [1.29, 1.82) is 0 Å². The summed E-state index contributed by atoms with van der Waals surface area (Å²) in [5.74, 6) is -1.65. The molecule has 55 heavy (non-hydrogen) atoms. The molecule has 0 aromatic heterocycles. The third-order valence-electron chi connectivity index (χ3n) is 6.92. The molecule has 3 aliphatic rings. The molecular formula is C30H15FeN3Na3O15S3. The van der Waals surface area contributed by atoms with Gasteiger partial charge in [0.15, 0.2) is 0 Å². The summed E-state index contributed by atoms with van der Waals surface area (Å²) in [5.41, 5.74) is 0.690. The van der Waals surface area contributed by atoms with Gasteiger partial charge in [0, 0.05) is 16.7 Å². The first-order valence-electron chi connectivity index (χ1n) is 13.4. The monoisotopic (exact) mass is 878 g/mol. The van der Waals surface area contributed by atoms with Gasteiger partial charge in [0.25, 0.3) is 0 Å². The van der Waals surface area contributed by atoms with E-state index < -0.39 is 62.4 Å². The van der Waals surface area contributed by atoms with Gasteiger partial charge < -0.3 is 44.7 Å². The van der Waals surface area contributed by atoms with Crippen LogP contribution in [0.4, 0.5) is 0 Å². The van der Waals surface area contributed by atoms with Gasteiger partial charge in [-0.25, -0.2) is 25.3 Å². The van der Waals surface area contributed by atoms with Crippen molar-refractivity contribution in [2.75, 3.05) is 0 Å². The minimum atomic E-state index is -4.56. The maximum absolute atomic E-state index is 11.3. The molecule has 0 heterocycles. The van der Waals surface area contributed by atoms with Crippen LogP contribution in [0.3, 0.4) is 0 Å². The number of carbonyl (C=O) groups is 3. The van der Waals surface area contributed by atoms with E-state index in [1.807, 2.05) is 0 Å². The van der Waals surface area contributed by atoms with Gasteiger partial charge in [-0.2, -0.15) is 0 Å². The molecule has 0 fully saturated rings. The average Bonchev–Trinajstić information content (AvgIpc) is 3.07. The summed E-state index contributed by atoms with van der Waals surface area (Å²) in [6, 6.07) is 10.1. The SMILES string of the molecule is O=C1C=Cc2cc(S(=O)(=O)[O-])ccc2/C1=N\[O-].O=C1C=Cc2cc(S(=O)(=O)[O-])ccc2/C1=N\[O-].O=C1C=Cc2cc(S(=O)(=O)[O-])ccc2/C1=N\[O-].[Fe+3].[Na+].[Na+].[Na+]. The summed E-state index contributed by atoms with van der Waals surface area (Å²) in [6.07, 6.45) is 7.30.